The van der Waals surface area contributed by atoms with Crippen LogP contribution in [-0.2, 0) is 9.09 Å². The summed E-state index contributed by atoms with van der Waals surface area (Å²) in [6.45, 7) is -1.20. The molecule has 0 radical (unpaired) electrons. The van der Waals surface area contributed by atoms with Crippen molar-refractivity contribution in [3.63, 3.8) is 0 Å². The Morgan fingerprint density at radius 3 is 2.07 bits per heavy atom. The van der Waals surface area contributed by atoms with Gasteiger partial charge in [-0.1, -0.05) is 0 Å². The molecular formula is C6H15O8P. The van der Waals surface area contributed by atoms with Gasteiger partial charge in [0.2, 0.25) is 0 Å². The average Bonchev–Trinajstić information content (AvgIpc) is 2.12. The summed E-state index contributed by atoms with van der Waals surface area (Å²) in [5.74, 6) is 0. The van der Waals surface area contributed by atoms with Crippen LogP contribution < -0.4 is 0 Å². The fourth-order valence-corrected chi connectivity index (χ4v) is 1.18. The molecule has 8 nitrogen and oxygen atoms in total. The largest absolute Gasteiger partial charge is 0.469 e. The van der Waals surface area contributed by atoms with Gasteiger partial charge in [0.1, 0.15) is 12.2 Å². The monoisotopic (exact) mass is 246 g/mol. The zero-order valence-corrected chi connectivity index (χ0v) is 8.69. The number of aliphatic hydroxyl groups excluding tert-OH is 4. The summed E-state index contributed by atoms with van der Waals surface area (Å²) in [6, 6.07) is 0. The third-order valence-corrected chi connectivity index (χ3v) is 2.11. The van der Waals surface area contributed by atoms with Gasteiger partial charge >= 0.3 is 7.82 Å². The van der Waals surface area contributed by atoms with E-state index in [0.717, 1.165) is 0 Å². The van der Waals surface area contributed by atoms with Crippen LogP contribution in [0.2, 0.25) is 0 Å². The van der Waals surface area contributed by atoms with E-state index in [0.29, 0.717) is 0 Å². The number of rotatable bonds is 7. The lowest BCUT2D eigenvalue weighted by Crippen LogP contribution is -2.40. The maximum Gasteiger partial charge on any atom is 0.469 e. The third kappa shape index (κ3) is 6.93. The van der Waals surface area contributed by atoms with Crippen LogP contribution in [0.4, 0.5) is 0 Å². The quantitative estimate of drug-likeness (QED) is 0.271. The van der Waals surface area contributed by atoms with E-state index in [2.05, 4.69) is 4.52 Å². The average molecular weight is 246 g/mol. The lowest BCUT2D eigenvalue weighted by Gasteiger charge is -2.22. The van der Waals surface area contributed by atoms with Crippen LogP contribution in [-0.4, -0.2) is 61.7 Å². The predicted molar refractivity (Wildman–Crippen MR) is 47.7 cm³/mol. The zero-order valence-electron chi connectivity index (χ0n) is 7.80. The third-order valence-electron chi connectivity index (χ3n) is 1.63. The van der Waals surface area contributed by atoms with Gasteiger partial charge in [0.15, 0.2) is 0 Å². The van der Waals surface area contributed by atoms with E-state index < -0.39 is 32.7 Å². The molecule has 0 unspecified atom stereocenters. The molecule has 0 bridgehead atoms. The van der Waals surface area contributed by atoms with E-state index in [9.17, 15) is 9.67 Å². The SMILES string of the molecule is O=P(O)(O)OC[C@@H](O)[C@H](O)[C@@H](O)CCO. The fraction of sp³-hybridized carbons (Fsp3) is 1.00. The van der Waals surface area contributed by atoms with Crippen LogP contribution in [0, 0.1) is 0 Å². The second kappa shape index (κ2) is 6.51. The molecule has 0 fully saturated rings. The van der Waals surface area contributed by atoms with E-state index in [1.807, 2.05) is 0 Å². The normalized spacial score (nSPS) is 18.5. The van der Waals surface area contributed by atoms with Crippen LogP contribution in [0.1, 0.15) is 6.42 Å². The van der Waals surface area contributed by atoms with Crippen molar-refractivity contribution in [3.8, 4) is 0 Å². The topological polar surface area (TPSA) is 148 Å². The van der Waals surface area contributed by atoms with Gasteiger partial charge < -0.3 is 30.2 Å². The highest BCUT2D eigenvalue weighted by Crippen LogP contribution is 2.35. The standard InChI is InChI=1S/C6H15O8P/c7-2-1-4(8)6(10)5(9)3-14-15(11,12)13/h4-10H,1-3H2,(H2,11,12,13)/t4-,5+,6+/m0/s1. The van der Waals surface area contributed by atoms with Crippen LogP contribution in [0.5, 0.6) is 0 Å². The Labute approximate surface area is 86.0 Å². The molecule has 0 amide bonds. The zero-order chi connectivity index (χ0) is 12.1. The van der Waals surface area contributed by atoms with Crippen molar-refractivity contribution in [2.45, 2.75) is 24.7 Å². The molecule has 0 aromatic heterocycles. The number of hydrogen-bond acceptors (Lipinski definition) is 6. The van der Waals surface area contributed by atoms with Gasteiger partial charge in [0, 0.05) is 6.61 Å². The molecule has 0 spiro atoms. The van der Waals surface area contributed by atoms with Crippen molar-refractivity contribution < 1.29 is 39.3 Å². The minimum atomic E-state index is -4.71. The van der Waals surface area contributed by atoms with Gasteiger partial charge in [-0.05, 0) is 6.42 Å². The first-order chi connectivity index (χ1) is 6.78. The molecule has 0 rings (SSSR count). The molecule has 0 aliphatic rings. The molecular weight excluding hydrogens is 231 g/mol. The molecule has 0 aromatic rings. The summed E-state index contributed by atoms with van der Waals surface area (Å²) in [7, 11) is -4.71. The Morgan fingerprint density at radius 2 is 1.67 bits per heavy atom. The summed E-state index contributed by atoms with van der Waals surface area (Å²) in [6.07, 6.45) is -4.82. The van der Waals surface area contributed by atoms with Crippen LogP contribution in [0.3, 0.4) is 0 Å². The van der Waals surface area contributed by atoms with E-state index >= 15 is 0 Å². The van der Waals surface area contributed by atoms with Gasteiger partial charge in [-0.25, -0.2) is 4.57 Å². The molecule has 0 aliphatic carbocycles. The van der Waals surface area contributed by atoms with Gasteiger partial charge in [-0.2, -0.15) is 0 Å². The number of aliphatic hydroxyl groups is 4. The second-order valence-corrected chi connectivity index (χ2v) is 4.16. The van der Waals surface area contributed by atoms with Crippen LogP contribution >= 0.6 is 7.82 Å². The van der Waals surface area contributed by atoms with Crippen molar-refractivity contribution in [1.29, 1.82) is 0 Å². The first kappa shape index (κ1) is 14.9. The molecule has 15 heavy (non-hydrogen) atoms. The Kier molecular flexibility index (Phi) is 6.49. The van der Waals surface area contributed by atoms with Gasteiger partial charge in [0.25, 0.3) is 0 Å². The highest BCUT2D eigenvalue weighted by molar-refractivity contribution is 7.46. The minimum Gasteiger partial charge on any atom is -0.396 e. The highest BCUT2D eigenvalue weighted by atomic mass is 31.2. The van der Waals surface area contributed by atoms with Gasteiger partial charge in [-0.3, -0.25) is 4.52 Å². The van der Waals surface area contributed by atoms with E-state index in [-0.39, 0.29) is 13.0 Å². The van der Waals surface area contributed by atoms with Crippen molar-refractivity contribution in [2.75, 3.05) is 13.2 Å². The Morgan fingerprint density at radius 1 is 1.13 bits per heavy atom. The molecule has 6 N–H and O–H groups in total. The lowest BCUT2D eigenvalue weighted by atomic mass is 10.1. The van der Waals surface area contributed by atoms with Crippen molar-refractivity contribution in [2.24, 2.45) is 0 Å². The first-order valence-electron chi connectivity index (χ1n) is 4.13. The molecule has 0 aromatic carbocycles. The van der Waals surface area contributed by atoms with Gasteiger partial charge in [0.05, 0.1) is 12.7 Å². The Balaban J connectivity index is 3.98. The van der Waals surface area contributed by atoms with E-state index in [1.54, 1.807) is 0 Å². The van der Waals surface area contributed by atoms with Crippen molar-refractivity contribution in [1.82, 2.24) is 0 Å². The highest BCUT2D eigenvalue weighted by Gasteiger charge is 2.27. The molecule has 0 heterocycles. The molecule has 92 valence electrons. The van der Waals surface area contributed by atoms with E-state index in [4.69, 9.17) is 25.1 Å². The minimum absolute atomic E-state index is 0.159. The summed E-state index contributed by atoms with van der Waals surface area (Å²) < 4.78 is 14.2. The van der Waals surface area contributed by atoms with Crippen molar-refractivity contribution >= 4 is 7.82 Å². The number of phosphoric acid groups is 1. The molecule has 9 heteroatoms. The Bertz CT molecular complexity index is 215. The summed E-state index contributed by atoms with van der Waals surface area (Å²) >= 11 is 0. The van der Waals surface area contributed by atoms with Crippen molar-refractivity contribution in [3.05, 3.63) is 0 Å². The number of hydrogen-bond donors (Lipinski definition) is 6. The maximum absolute atomic E-state index is 10.2. The maximum atomic E-state index is 10.2. The summed E-state index contributed by atoms with van der Waals surface area (Å²) in [4.78, 5) is 16.6. The smallest absolute Gasteiger partial charge is 0.396 e. The van der Waals surface area contributed by atoms with Gasteiger partial charge in [-0.15, -0.1) is 0 Å². The molecule has 0 saturated carbocycles. The second-order valence-electron chi connectivity index (χ2n) is 2.92. The summed E-state index contributed by atoms with van der Waals surface area (Å²) in [5, 5.41) is 35.8. The van der Waals surface area contributed by atoms with E-state index in [1.165, 1.54) is 0 Å². The van der Waals surface area contributed by atoms with Crippen LogP contribution in [0.15, 0.2) is 0 Å². The molecule has 3 atom stereocenters. The predicted octanol–water partition coefficient (Wildman–Crippen LogP) is -2.44. The number of phosphoric ester groups is 1. The fourth-order valence-electron chi connectivity index (χ4n) is 0.832. The Hall–Kier alpha value is -0.0500. The lowest BCUT2D eigenvalue weighted by molar-refractivity contribution is -0.0804. The first-order valence-corrected chi connectivity index (χ1v) is 5.66. The van der Waals surface area contributed by atoms with Crippen LogP contribution in [0.25, 0.3) is 0 Å². The summed E-state index contributed by atoms with van der Waals surface area (Å²) in [5.41, 5.74) is 0. The molecule has 0 aliphatic heterocycles. The molecule has 0 saturated heterocycles.